The maximum atomic E-state index is 10.9. The number of rotatable bonds is 5. The molecule has 2 fully saturated rings. The van der Waals surface area contributed by atoms with E-state index < -0.39 is 5.97 Å². The average Bonchev–Trinajstić information content (AvgIpc) is 2.95. The van der Waals surface area contributed by atoms with Crippen molar-refractivity contribution in [3.05, 3.63) is 35.4 Å². The zero-order chi connectivity index (χ0) is 14.7. The number of carboxylic acids is 1. The first-order valence-electron chi connectivity index (χ1n) is 7.61. The highest BCUT2D eigenvalue weighted by atomic mass is 16.5. The number of benzene rings is 1. The highest BCUT2D eigenvalue weighted by Gasteiger charge is 2.31. The van der Waals surface area contributed by atoms with E-state index >= 15 is 0 Å². The standard InChI is InChI=1S/C16H22N2O3/c19-16(20)13-4-1-3-12(7-13)8-17-9-15-10-18-6-2-5-14(18)11-21-15/h1,3-4,7,14-15,17H,2,5-6,8-11H2,(H,19,20). The topological polar surface area (TPSA) is 61.8 Å². The molecule has 114 valence electrons. The van der Waals surface area contributed by atoms with E-state index in [0.717, 1.165) is 25.3 Å². The molecule has 0 bridgehead atoms. The third-order valence-electron chi connectivity index (χ3n) is 4.34. The van der Waals surface area contributed by atoms with Gasteiger partial charge in [-0.3, -0.25) is 4.90 Å². The molecule has 2 atom stereocenters. The SMILES string of the molecule is O=C(O)c1cccc(CNCC2CN3CCCC3CO2)c1. The second-order valence-electron chi connectivity index (χ2n) is 5.88. The number of carbonyl (C=O) groups is 1. The summed E-state index contributed by atoms with van der Waals surface area (Å²) in [5.74, 6) is -0.882. The van der Waals surface area contributed by atoms with Gasteiger partial charge in [0.25, 0.3) is 0 Å². The molecule has 21 heavy (non-hydrogen) atoms. The Kier molecular flexibility index (Phi) is 4.53. The molecule has 0 aromatic heterocycles. The monoisotopic (exact) mass is 290 g/mol. The van der Waals surface area contributed by atoms with E-state index in [1.165, 1.54) is 19.4 Å². The third-order valence-corrected chi connectivity index (χ3v) is 4.34. The van der Waals surface area contributed by atoms with Gasteiger partial charge in [0, 0.05) is 25.7 Å². The summed E-state index contributed by atoms with van der Waals surface area (Å²) >= 11 is 0. The number of nitrogens with zero attached hydrogens (tertiary/aromatic N) is 1. The van der Waals surface area contributed by atoms with Crippen LogP contribution < -0.4 is 5.32 Å². The summed E-state index contributed by atoms with van der Waals surface area (Å²) in [6.07, 6.45) is 2.79. The first-order chi connectivity index (χ1) is 10.2. The van der Waals surface area contributed by atoms with Crippen LogP contribution in [0.25, 0.3) is 0 Å². The van der Waals surface area contributed by atoms with Crippen molar-refractivity contribution in [3.8, 4) is 0 Å². The van der Waals surface area contributed by atoms with Gasteiger partial charge < -0.3 is 15.2 Å². The Morgan fingerprint density at radius 2 is 2.38 bits per heavy atom. The van der Waals surface area contributed by atoms with Crippen LogP contribution in [-0.2, 0) is 11.3 Å². The molecule has 2 heterocycles. The van der Waals surface area contributed by atoms with Crippen molar-refractivity contribution in [2.45, 2.75) is 31.5 Å². The number of morpholine rings is 1. The molecule has 2 N–H and O–H groups in total. The van der Waals surface area contributed by atoms with Gasteiger partial charge in [0.2, 0.25) is 0 Å². The summed E-state index contributed by atoms with van der Waals surface area (Å²) in [7, 11) is 0. The molecule has 0 amide bonds. The Labute approximate surface area is 124 Å². The molecule has 1 aromatic carbocycles. The van der Waals surface area contributed by atoms with Gasteiger partial charge in [-0.2, -0.15) is 0 Å². The second-order valence-corrected chi connectivity index (χ2v) is 5.88. The maximum absolute atomic E-state index is 10.9. The molecule has 3 rings (SSSR count). The van der Waals surface area contributed by atoms with Crippen molar-refractivity contribution < 1.29 is 14.6 Å². The van der Waals surface area contributed by atoms with E-state index in [1.807, 2.05) is 6.07 Å². The lowest BCUT2D eigenvalue weighted by Crippen LogP contribution is -2.49. The normalized spacial score (nSPS) is 25.7. The Morgan fingerprint density at radius 3 is 3.24 bits per heavy atom. The predicted octanol–water partition coefficient (Wildman–Crippen LogP) is 1.34. The van der Waals surface area contributed by atoms with Gasteiger partial charge in [0.05, 0.1) is 18.3 Å². The minimum absolute atomic E-state index is 0.238. The van der Waals surface area contributed by atoms with Crippen LogP contribution >= 0.6 is 0 Å². The van der Waals surface area contributed by atoms with Gasteiger partial charge >= 0.3 is 5.97 Å². The minimum Gasteiger partial charge on any atom is -0.478 e. The quantitative estimate of drug-likeness (QED) is 0.857. The second kappa shape index (κ2) is 6.56. The smallest absolute Gasteiger partial charge is 0.335 e. The average molecular weight is 290 g/mol. The number of hydrogen-bond acceptors (Lipinski definition) is 4. The van der Waals surface area contributed by atoms with Crippen molar-refractivity contribution in [3.63, 3.8) is 0 Å². The van der Waals surface area contributed by atoms with Crippen molar-refractivity contribution in [2.75, 3.05) is 26.2 Å². The molecule has 1 aromatic rings. The molecule has 2 unspecified atom stereocenters. The van der Waals surface area contributed by atoms with E-state index in [-0.39, 0.29) is 6.10 Å². The van der Waals surface area contributed by atoms with E-state index in [2.05, 4.69) is 10.2 Å². The molecule has 2 aliphatic heterocycles. The number of hydrogen-bond donors (Lipinski definition) is 2. The van der Waals surface area contributed by atoms with Crippen LogP contribution in [0.1, 0.15) is 28.8 Å². The fourth-order valence-corrected chi connectivity index (χ4v) is 3.20. The molecular weight excluding hydrogens is 268 g/mol. The Bertz CT molecular complexity index is 506. The van der Waals surface area contributed by atoms with Crippen LogP contribution in [0.15, 0.2) is 24.3 Å². The van der Waals surface area contributed by atoms with Gasteiger partial charge in [-0.05, 0) is 37.1 Å². The van der Waals surface area contributed by atoms with Gasteiger partial charge in [-0.15, -0.1) is 0 Å². The zero-order valence-corrected chi connectivity index (χ0v) is 12.1. The van der Waals surface area contributed by atoms with Crippen LogP contribution in [0, 0.1) is 0 Å². The summed E-state index contributed by atoms with van der Waals surface area (Å²) in [4.78, 5) is 13.5. The summed E-state index contributed by atoms with van der Waals surface area (Å²) in [6, 6.07) is 7.69. The maximum Gasteiger partial charge on any atom is 0.335 e. The lowest BCUT2D eigenvalue weighted by Gasteiger charge is -2.35. The van der Waals surface area contributed by atoms with E-state index in [1.54, 1.807) is 18.2 Å². The number of aromatic carboxylic acids is 1. The van der Waals surface area contributed by atoms with Crippen molar-refractivity contribution in [1.82, 2.24) is 10.2 Å². The molecule has 5 nitrogen and oxygen atoms in total. The molecule has 0 radical (unpaired) electrons. The van der Waals surface area contributed by atoms with Gasteiger partial charge in [-0.1, -0.05) is 12.1 Å². The van der Waals surface area contributed by atoms with Crippen molar-refractivity contribution >= 4 is 5.97 Å². The number of ether oxygens (including phenoxy) is 1. The van der Waals surface area contributed by atoms with Gasteiger partial charge in [0.1, 0.15) is 0 Å². The predicted molar refractivity (Wildman–Crippen MR) is 79.4 cm³/mol. The first-order valence-corrected chi connectivity index (χ1v) is 7.61. The van der Waals surface area contributed by atoms with Crippen molar-refractivity contribution in [1.29, 1.82) is 0 Å². The number of fused-ring (bicyclic) bond motifs is 1. The Morgan fingerprint density at radius 1 is 1.48 bits per heavy atom. The van der Waals surface area contributed by atoms with Gasteiger partial charge in [-0.25, -0.2) is 4.79 Å². The first kappa shape index (κ1) is 14.5. The molecule has 2 saturated heterocycles. The minimum atomic E-state index is -0.882. The summed E-state index contributed by atoms with van der Waals surface area (Å²) < 4.78 is 5.89. The molecule has 2 aliphatic rings. The van der Waals surface area contributed by atoms with Crippen molar-refractivity contribution in [2.24, 2.45) is 0 Å². The number of nitrogens with one attached hydrogen (secondary N) is 1. The van der Waals surface area contributed by atoms with Crippen LogP contribution in [0.3, 0.4) is 0 Å². The molecule has 0 saturated carbocycles. The highest BCUT2D eigenvalue weighted by molar-refractivity contribution is 5.87. The lowest BCUT2D eigenvalue weighted by molar-refractivity contribution is -0.0470. The Hall–Kier alpha value is -1.43. The fraction of sp³-hybridized carbons (Fsp3) is 0.562. The van der Waals surface area contributed by atoms with Gasteiger partial charge in [0.15, 0.2) is 0 Å². The van der Waals surface area contributed by atoms with Crippen LogP contribution in [0.4, 0.5) is 0 Å². The fourth-order valence-electron chi connectivity index (χ4n) is 3.20. The van der Waals surface area contributed by atoms with Crippen LogP contribution in [0.2, 0.25) is 0 Å². The summed E-state index contributed by atoms with van der Waals surface area (Å²) in [5.41, 5.74) is 1.33. The summed E-state index contributed by atoms with van der Waals surface area (Å²) in [5, 5.41) is 12.4. The van der Waals surface area contributed by atoms with E-state index in [9.17, 15) is 4.79 Å². The number of carboxylic acid groups (broad SMARTS) is 1. The zero-order valence-electron chi connectivity index (χ0n) is 12.1. The molecule has 5 heteroatoms. The van der Waals surface area contributed by atoms with Crippen LogP contribution in [0.5, 0.6) is 0 Å². The van der Waals surface area contributed by atoms with Crippen LogP contribution in [-0.4, -0.2) is 54.4 Å². The molecular formula is C16H22N2O3. The van der Waals surface area contributed by atoms with E-state index in [0.29, 0.717) is 18.2 Å². The molecule has 0 aliphatic carbocycles. The summed E-state index contributed by atoms with van der Waals surface area (Å²) in [6.45, 7) is 4.53. The third kappa shape index (κ3) is 3.61. The Balaban J connectivity index is 1.45. The molecule has 0 spiro atoms. The highest BCUT2D eigenvalue weighted by Crippen LogP contribution is 2.22. The largest absolute Gasteiger partial charge is 0.478 e. The van der Waals surface area contributed by atoms with E-state index in [4.69, 9.17) is 9.84 Å². The lowest BCUT2D eigenvalue weighted by atomic mass is 10.1.